The van der Waals surface area contributed by atoms with Crippen molar-refractivity contribution in [1.29, 1.82) is 0 Å². The lowest BCUT2D eigenvalue weighted by Crippen LogP contribution is -2.62. The fourth-order valence-electron chi connectivity index (χ4n) is 5.49. The zero-order chi connectivity index (χ0) is 10.6. The second-order valence-electron chi connectivity index (χ2n) is 6.74. The molecule has 5 fully saturated rings. The highest BCUT2D eigenvalue weighted by molar-refractivity contribution is 5.07. The van der Waals surface area contributed by atoms with Gasteiger partial charge in [0.05, 0.1) is 13.2 Å². The predicted octanol–water partition coefficient (Wildman–Crippen LogP) is 2.29. The molecule has 0 unspecified atom stereocenters. The van der Waals surface area contributed by atoms with E-state index >= 15 is 0 Å². The Balaban J connectivity index is 1.60. The number of nitrogens with zero attached hydrogens (tertiary/aromatic N) is 1. The van der Waals surface area contributed by atoms with Crippen molar-refractivity contribution in [3.63, 3.8) is 0 Å². The monoisotopic (exact) mass is 221 g/mol. The van der Waals surface area contributed by atoms with Crippen molar-refractivity contribution in [2.45, 2.75) is 44.1 Å². The van der Waals surface area contributed by atoms with E-state index in [2.05, 4.69) is 4.90 Å². The fraction of sp³-hybridized carbons (Fsp3) is 1.00. The summed E-state index contributed by atoms with van der Waals surface area (Å²) in [6.45, 7) is 4.35. The van der Waals surface area contributed by atoms with Gasteiger partial charge in [0.2, 0.25) is 0 Å². The molecule has 0 N–H and O–H groups in total. The van der Waals surface area contributed by atoms with E-state index in [0.29, 0.717) is 5.54 Å². The molecule has 0 radical (unpaired) electrons. The van der Waals surface area contributed by atoms with Crippen molar-refractivity contribution in [3.05, 3.63) is 0 Å². The molecule has 0 atom stereocenters. The fourth-order valence-corrected chi connectivity index (χ4v) is 5.49. The van der Waals surface area contributed by atoms with E-state index in [0.717, 1.165) is 31.0 Å². The van der Waals surface area contributed by atoms with Crippen LogP contribution in [0.2, 0.25) is 0 Å². The van der Waals surface area contributed by atoms with Crippen molar-refractivity contribution in [1.82, 2.24) is 4.90 Å². The minimum absolute atomic E-state index is 0.624. The molecule has 4 bridgehead atoms. The van der Waals surface area contributed by atoms with Gasteiger partial charge in [-0.2, -0.15) is 0 Å². The van der Waals surface area contributed by atoms with Crippen LogP contribution in [-0.2, 0) is 4.74 Å². The summed E-state index contributed by atoms with van der Waals surface area (Å²) in [5.41, 5.74) is 0.624. The van der Waals surface area contributed by atoms with Gasteiger partial charge in [-0.05, 0) is 56.3 Å². The average molecular weight is 221 g/mol. The van der Waals surface area contributed by atoms with Gasteiger partial charge in [0.1, 0.15) is 0 Å². The van der Waals surface area contributed by atoms with Gasteiger partial charge in [0.15, 0.2) is 0 Å². The van der Waals surface area contributed by atoms with Crippen LogP contribution in [0.15, 0.2) is 0 Å². The van der Waals surface area contributed by atoms with E-state index in [-0.39, 0.29) is 0 Å². The molecule has 1 saturated heterocycles. The average Bonchev–Trinajstić information content (AvgIpc) is 2.28. The quantitative estimate of drug-likeness (QED) is 0.673. The normalized spacial score (nSPS) is 52.1. The molecule has 2 heteroatoms. The van der Waals surface area contributed by atoms with Crippen LogP contribution in [0.4, 0.5) is 0 Å². The summed E-state index contributed by atoms with van der Waals surface area (Å²) in [6.07, 6.45) is 9.22. The Labute approximate surface area is 98.3 Å². The molecule has 16 heavy (non-hydrogen) atoms. The van der Waals surface area contributed by atoms with Crippen LogP contribution in [0, 0.1) is 17.8 Å². The second kappa shape index (κ2) is 3.46. The zero-order valence-corrected chi connectivity index (χ0v) is 10.2. The molecule has 2 nitrogen and oxygen atoms in total. The largest absolute Gasteiger partial charge is 0.379 e. The first-order valence-electron chi connectivity index (χ1n) is 7.17. The van der Waals surface area contributed by atoms with Crippen LogP contribution in [0.1, 0.15) is 38.5 Å². The Morgan fingerprint density at radius 3 is 1.81 bits per heavy atom. The molecule has 0 aromatic carbocycles. The number of ether oxygens (including phenoxy) is 1. The van der Waals surface area contributed by atoms with Crippen LogP contribution in [0.5, 0.6) is 0 Å². The molecule has 1 aliphatic heterocycles. The molecular weight excluding hydrogens is 198 g/mol. The zero-order valence-electron chi connectivity index (χ0n) is 10.2. The smallest absolute Gasteiger partial charge is 0.0594 e. The molecule has 4 saturated carbocycles. The van der Waals surface area contributed by atoms with Crippen LogP contribution in [-0.4, -0.2) is 36.7 Å². The third kappa shape index (κ3) is 1.39. The van der Waals surface area contributed by atoms with Gasteiger partial charge in [-0.3, -0.25) is 4.90 Å². The summed E-state index contributed by atoms with van der Waals surface area (Å²) in [6, 6.07) is 0. The maximum Gasteiger partial charge on any atom is 0.0594 e. The van der Waals surface area contributed by atoms with Gasteiger partial charge in [0, 0.05) is 18.6 Å². The maximum atomic E-state index is 5.52. The predicted molar refractivity (Wildman–Crippen MR) is 63.3 cm³/mol. The van der Waals surface area contributed by atoms with Gasteiger partial charge in [-0.25, -0.2) is 0 Å². The summed E-state index contributed by atoms with van der Waals surface area (Å²) in [5, 5.41) is 0. The van der Waals surface area contributed by atoms with E-state index in [1.165, 1.54) is 32.4 Å². The minimum Gasteiger partial charge on any atom is -0.379 e. The molecule has 1 heterocycles. The van der Waals surface area contributed by atoms with Gasteiger partial charge >= 0.3 is 0 Å². The standard InChI is InChI=1S/C14H23NO/c1-3-16-4-2-15(1)14-8-11-5-12(9-14)7-13(6-11)10-14/h11-13H,1-10H2. The molecular formula is C14H23NO. The maximum absolute atomic E-state index is 5.52. The van der Waals surface area contributed by atoms with Crippen molar-refractivity contribution in [2.75, 3.05) is 26.3 Å². The lowest BCUT2D eigenvalue weighted by molar-refractivity contribution is -0.116. The Bertz CT molecular complexity index is 247. The third-order valence-corrected chi connectivity index (χ3v) is 5.69. The second-order valence-corrected chi connectivity index (χ2v) is 6.74. The topological polar surface area (TPSA) is 12.5 Å². The number of hydrogen-bond donors (Lipinski definition) is 0. The summed E-state index contributed by atoms with van der Waals surface area (Å²) in [4.78, 5) is 2.81. The summed E-state index contributed by atoms with van der Waals surface area (Å²) < 4.78 is 5.52. The van der Waals surface area contributed by atoms with Crippen LogP contribution < -0.4 is 0 Å². The summed E-state index contributed by atoms with van der Waals surface area (Å²) >= 11 is 0. The Morgan fingerprint density at radius 2 is 1.31 bits per heavy atom. The number of morpholine rings is 1. The van der Waals surface area contributed by atoms with E-state index < -0.39 is 0 Å². The Kier molecular flexibility index (Phi) is 2.14. The lowest BCUT2D eigenvalue weighted by atomic mass is 9.52. The summed E-state index contributed by atoms with van der Waals surface area (Å²) in [7, 11) is 0. The van der Waals surface area contributed by atoms with Crippen molar-refractivity contribution >= 4 is 0 Å². The van der Waals surface area contributed by atoms with Gasteiger partial charge in [-0.15, -0.1) is 0 Å². The van der Waals surface area contributed by atoms with Crippen molar-refractivity contribution < 1.29 is 4.74 Å². The highest BCUT2D eigenvalue weighted by Crippen LogP contribution is 2.57. The minimum atomic E-state index is 0.624. The Morgan fingerprint density at radius 1 is 0.812 bits per heavy atom. The van der Waals surface area contributed by atoms with E-state index in [1.54, 1.807) is 19.3 Å². The highest BCUT2D eigenvalue weighted by atomic mass is 16.5. The van der Waals surface area contributed by atoms with Crippen LogP contribution in [0.25, 0.3) is 0 Å². The molecule has 0 aromatic rings. The van der Waals surface area contributed by atoms with E-state index in [9.17, 15) is 0 Å². The number of rotatable bonds is 1. The summed E-state index contributed by atoms with van der Waals surface area (Å²) in [5.74, 6) is 3.23. The molecule has 90 valence electrons. The number of hydrogen-bond acceptors (Lipinski definition) is 2. The molecule has 5 rings (SSSR count). The first kappa shape index (κ1) is 9.90. The van der Waals surface area contributed by atoms with Gasteiger partial charge in [0.25, 0.3) is 0 Å². The first-order valence-corrected chi connectivity index (χ1v) is 7.17. The Hall–Kier alpha value is -0.0800. The highest BCUT2D eigenvalue weighted by Gasteiger charge is 2.53. The third-order valence-electron chi connectivity index (χ3n) is 5.69. The molecule has 0 spiro atoms. The van der Waals surface area contributed by atoms with E-state index in [1.807, 2.05) is 0 Å². The molecule has 4 aliphatic carbocycles. The first-order chi connectivity index (χ1) is 7.84. The van der Waals surface area contributed by atoms with Crippen molar-refractivity contribution in [3.8, 4) is 0 Å². The van der Waals surface area contributed by atoms with Gasteiger partial charge < -0.3 is 4.74 Å². The van der Waals surface area contributed by atoms with Crippen LogP contribution in [0.3, 0.4) is 0 Å². The molecule has 5 aliphatic rings. The van der Waals surface area contributed by atoms with Gasteiger partial charge in [-0.1, -0.05) is 0 Å². The van der Waals surface area contributed by atoms with E-state index in [4.69, 9.17) is 4.74 Å². The van der Waals surface area contributed by atoms with Crippen molar-refractivity contribution in [2.24, 2.45) is 17.8 Å². The molecule has 0 amide bonds. The van der Waals surface area contributed by atoms with Crippen LogP contribution >= 0.6 is 0 Å². The molecule has 0 aromatic heterocycles. The SMILES string of the molecule is C1CN(C23CC4CC(CC(C4)C2)C3)CCO1. The lowest BCUT2D eigenvalue weighted by Gasteiger charge is -2.61.